The van der Waals surface area contributed by atoms with Gasteiger partial charge in [0.15, 0.2) is 0 Å². The third-order valence-corrected chi connectivity index (χ3v) is 3.18. The predicted octanol–water partition coefficient (Wildman–Crippen LogP) is 2.43. The van der Waals surface area contributed by atoms with Crippen LogP contribution in [0.2, 0.25) is 0 Å². The van der Waals surface area contributed by atoms with Gasteiger partial charge >= 0.3 is 5.97 Å². The number of benzene rings is 1. The lowest BCUT2D eigenvalue weighted by Crippen LogP contribution is -2.26. The number of carbonyl (C=O) groups excluding carboxylic acids is 1. The molecular formula is C14H20N2O2. The van der Waals surface area contributed by atoms with E-state index >= 15 is 0 Å². The Balaban J connectivity index is 2.21. The second kappa shape index (κ2) is 5.29. The van der Waals surface area contributed by atoms with E-state index in [-0.39, 0.29) is 5.97 Å². The molecule has 0 heterocycles. The van der Waals surface area contributed by atoms with Crippen molar-refractivity contribution in [2.24, 2.45) is 0 Å². The van der Waals surface area contributed by atoms with Crippen LogP contribution >= 0.6 is 0 Å². The molecule has 4 nitrogen and oxygen atoms in total. The number of anilines is 2. The van der Waals surface area contributed by atoms with Gasteiger partial charge in [0.25, 0.3) is 0 Å². The largest absolute Gasteiger partial charge is 0.462 e. The van der Waals surface area contributed by atoms with Gasteiger partial charge in [0.1, 0.15) is 0 Å². The van der Waals surface area contributed by atoms with E-state index in [9.17, 15) is 4.79 Å². The van der Waals surface area contributed by atoms with E-state index in [1.165, 1.54) is 12.8 Å². The summed E-state index contributed by atoms with van der Waals surface area (Å²) >= 11 is 0. The molecule has 1 aromatic carbocycles. The number of ether oxygens (including phenoxy) is 1. The van der Waals surface area contributed by atoms with E-state index in [2.05, 4.69) is 11.8 Å². The molecule has 0 amide bonds. The minimum absolute atomic E-state index is 0.315. The summed E-state index contributed by atoms with van der Waals surface area (Å²) in [4.78, 5) is 13.9. The molecule has 0 saturated heterocycles. The molecule has 1 aliphatic carbocycles. The Hall–Kier alpha value is -1.71. The van der Waals surface area contributed by atoms with Gasteiger partial charge < -0.3 is 15.4 Å². The van der Waals surface area contributed by atoms with Crippen LogP contribution in [0.4, 0.5) is 11.4 Å². The van der Waals surface area contributed by atoms with E-state index in [0.717, 1.165) is 12.2 Å². The van der Waals surface area contributed by atoms with Gasteiger partial charge in [-0.2, -0.15) is 0 Å². The van der Waals surface area contributed by atoms with Gasteiger partial charge in [0.05, 0.1) is 23.5 Å². The SMILES string of the molecule is CCOC(=O)c1ccc(N(CC)C2CC2)c(N)c1. The summed E-state index contributed by atoms with van der Waals surface area (Å²) in [5.41, 5.74) is 8.24. The van der Waals surface area contributed by atoms with Gasteiger partial charge in [-0.05, 0) is 44.9 Å². The number of nitrogens with zero attached hydrogens (tertiary/aromatic N) is 1. The molecule has 2 N–H and O–H groups in total. The van der Waals surface area contributed by atoms with Crippen LogP contribution in [0.15, 0.2) is 18.2 Å². The van der Waals surface area contributed by atoms with E-state index in [0.29, 0.717) is 23.9 Å². The lowest BCUT2D eigenvalue weighted by molar-refractivity contribution is 0.0526. The molecule has 98 valence electrons. The molecule has 0 unspecified atom stereocenters. The highest BCUT2D eigenvalue weighted by Crippen LogP contribution is 2.34. The summed E-state index contributed by atoms with van der Waals surface area (Å²) in [7, 11) is 0. The van der Waals surface area contributed by atoms with E-state index in [4.69, 9.17) is 10.5 Å². The molecule has 0 aliphatic heterocycles. The highest BCUT2D eigenvalue weighted by molar-refractivity contribution is 5.92. The van der Waals surface area contributed by atoms with Gasteiger partial charge in [-0.15, -0.1) is 0 Å². The van der Waals surface area contributed by atoms with Gasteiger partial charge in [-0.1, -0.05) is 0 Å². The van der Waals surface area contributed by atoms with E-state index < -0.39 is 0 Å². The first-order valence-corrected chi connectivity index (χ1v) is 6.50. The minimum Gasteiger partial charge on any atom is -0.462 e. The van der Waals surface area contributed by atoms with Crippen LogP contribution in [0.3, 0.4) is 0 Å². The number of nitrogen functional groups attached to an aromatic ring is 1. The van der Waals surface area contributed by atoms with Crippen molar-refractivity contribution in [3.63, 3.8) is 0 Å². The molecule has 4 heteroatoms. The molecule has 1 fully saturated rings. The third kappa shape index (κ3) is 2.58. The average Bonchev–Trinajstić information content (AvgIpc) is 3.17. The van der Waals surface area contributed by atoms with Crippen LogP contribution in [0.1, 0.15) is 37.0 Å². The summed E-state index contributed by atoms with van der Waals surface area (Å²) < 4.78 is 4.96. The molecular weight excluding hydrogens is 228 g/mol. The third-order valence-electron chi connectivity index (χ3n) is 3.18. The van der Waals surface area contributed by atoms with Crippen LogP contribution < -0.4 is 10.6 Å². The molecule has 0 atom stereocenters. The Kier molecular flexibility index (Phi) is 3.75. The molecule has 0 spiro atoms. The van der Waals surface area contributed by atoms with Crippen molar-refractivity contribution in [1.29, 1.82) is 0 Å². The highest BCUT2D eigenvalue weighted by atomic mass is 16.5. The van der Waals surface area contributed by atoms with Crippen LogP contribution in [-0.2, 0) is 4.74 Å². The Morgan fingerprint density at radius 1 is 1.44 bits per heavy atom. The van der Waals surface area contributed by atoms with Crippen LogP contribution in [0, 0.1) is 0 Å². The Morgan fingerprint density at radius 2 is 2.17 bits per heavy atom. The highest BCUT2D eigenvalue weighted by Gasteiger charge is 2.29. The van der Waals surface area contributed by atoms with E-state index in [1.54, 1.807) is 19.1 Å². The zero-order valence-electron chi connectivity index (χ0n) is 11.0. The topological polar surface area (TPSA) is 55.6 Å². The quantitative estimate of drug-likeness (QED) is 0.642. The Labute approximate surface area is 108 Å². The number of hydrogen-bond donors (Lipinski definition) is 1. The maximum Gasteiger partial charge on any atom is 0.338 e. The van der Waals surface area contributed by atoms with Crippen LogP contribution in [0.5, 0.6) is 0 Å². The zero-order chi connectivity index (χ0) is 13.1. The van der Waals surface area contributed by atoms with Gasteiger partial charge in [0, 0.05) is 12.6 Å². The molecule has 0 aromatic heterocycles. The first-order valence-electron chi connectivity index (χ1n) is 6.50. The fourth-order valence-corrected chi connectivity index (χ4v) is 2.17. The molecule has 0 radical (unpaired) electrons. The second-order valence-corrected chi connectivity index (χ2v) is 4.51. The maximum absolute atomic E-state index is 11.6. The van der Waals surface area contributed by atoms with Crippen molar-refractivity contribution in [3.05, 3.63) is 23.8 Å². The molecule has 1 saturated carbocycles. The fraction of sp³-hybridized carbons (Fsp3) is 0.500. The molecule has 1 aromatic rings. The number of esters is 1. The molecule has 18 heavy (non-hydrogen) atoms. The maximum atomic E-state index is 11.6. The van der Waals surface area contributed by atoms with Crippen molar-refractivity contribution in [2.45, 2.75) is 32.7 Å². The molecule has 1 aliphatic rings. The number of rotatable bonds is 5. The summed E-state index contributed by atoms with van der Waals surface area (Å²) in [5.74, 6) is -0.315. The Bertz CT molecular complexity index is 441. The van der Waals surface area contributed by atoms with Crippen molar-refractivity contribution >= 4 is 17.3 Å². The smallest absolute Gasteiger partial charge is 0.338 e. The number of nitrogens with two attached hydrogens (primary N) is 1. The minimum atomic E-state index is -0.315. The monoisotopic (exact) mass is 248 g/mol. The number of hydrogen-bond acceptors (Lipinski definition) is 4. The Morgan fingerprint density at radius 3 is 2.67 bits per heavy atom. The summed E-state index contributed by atoms with van der Waals surface area (Å²) in [6, 6.07) is 6.03. The van der Waals surface area contributed by atoms with Gasteiger partial charge in [-0.25, -0.2) is 4.79 Å². The van der Waals surface area contributed by atoms with Gasteiger partial charge in [-0.3, -0.25) is 0 Å². The summed E-state index contributed by atoms with van der Waals surface area (Å²) in [6.45, 7) is 5.23. The van der Waals surface area contributed by atoms with Gasteiger partial charge in [0.2, 0.25) is 0 Å². The lowest BCUT2D eigenvalue weighted by atomic mass is 10.1. The normalized spacial score (nSPS) is 14.3. The number of carbonyl (C=O) groups is 1. The molecule has 0 bridgehead atoms. The fourth-order valence-electron chi connectivity index (χ4n) is 2.17. The first-order chi connectivity index (χ1) is 8.67. The van der Waals surface area contributed by atoms with Crippen molar-refractivity contribution in [3.8, 4) is 0 Å². The average molecular weight is 248 g/mol. The van der Waals surface area contributed by atoms with E-state index in [1.807, 2.05) is 6.07 Å². The van der Waals surface area contributed by atoms with Crippen LogP contribution in [0.25, 0.3) is 0 Å². The zero-order valence-corrected chi connectivity index (χ0v) is 11.0. The second-order valence-electron chi connectivity index (χ2n) is 4.51. The van der Waals surface area contributed by atoms with Crippen molar-refractivity contribution in [2.75, 3.05) is 23.8 Å². The van der Waals surface area contributed by atoms with Crippen molar-refractivity contribution in [1.82, 2.24) is 0 Å². The predicted molar refractivity (Wildman–Crippen MR) is 72.9 cm³/mol. The summed E-state index contributed by atoms with van der Waals surface area (Å²) in [5, 5.41) is 0. The van der Waals surface area contributed by atoms with Crippen molar-refractivity contribution < 1.29 is 9.53 Å². The van der Waals surface area contributed by atoms with Crippen LogP contribution in [-0.4, -0.2) is 25.2 Å². The lowest BCUT2D eigenvalue weighted by Gasteiger charge is -2.24. The first kappa shape index (κ1) is 12.7. The summed E-state index contributed by atoms with van der Waals surface area (Å²) in [6.07, 6.45) is 2.46. The standard InChI is InChI=1S/C14H20N2O2/c1-3-16(11-6-7-11)13-8-5-10(9-12(13)15)14(17)18-4-2/h5,8-9,11H,3-4,6-7,15H2,1-2H3. The molecule has 2 rings (SSSR count).